The van der Waals surface area contributed by atoms with Gasteiger partial charge in [-0.15, -0.1) is 23.1 Å². The highest BCUT2D eigenvalue weighted by atomic mass is 32.2. The number of thiophene rings is 1. The van der Waals surface area contributed by atoms with Gasteiger partial charge in [0.05, 0.1) is 25.5 Å². The van der Waals surface area contributed by atoms with E-state index >= 15 is 0 Å². The molecule has 25 heavy (non-hydrogen) atoms. The summed E-state index contributed by atoms with van der Waals surface area (Å²) in [6, 6.07) is 4.72. The minimum atomic E-state index is -1.11. The fourth-order valence-corrected chi connectivity index (χ4v) is 5.04. The van der Waals surface area contributed by atoms with Gasteiger partial charge in [-0.3, -0.25) is 4.79 Å². The predicted molar refractivity (Wildman–Crippen MR) is 98.4 cm³/mol. The molecule has 0 saturated carbocycles. The normalized spacial score (nSPS) is 16.0. The van der Waals surface area contributed by atoms with E-state index in [4.69, 9.17) is 9.47 Å². The van der Waals surface area contributed by atoms with Gasteiger partial charge in [0.1, 0.15) is 5.25 Å². The van der Waals surface area contributed by atoms with Crippen LogP contribution < -0.4 is 14.8 Å². The van der Waals surface area contributed by atoms with Gasteiger partial charge in [-0.1, -0.05) is 0 Å². The minimum absolute atomic E-state index is 0.0143. The van der Waals surface area contributed by atoms with E-state index in [2.05, 4.69) is 5.32 Å². The number of nitrogens with one attached hydrogen (secondary N) is 1. The first kappa shape index (κ1) is 17.6. The number of carbonyl (C=O) groups is 2. The molecule has 1 aromatic carbocycles. The Bertz CT molecular complexity index is 817. The quantitative estimate of drug-likeness (QED) is 0.828. The number of methoxy groups -OCH3 is 2. The number of rotatable bonds is 5. The maximum absolute atomic E-state index is 12.8. The van der Waals surface area contributed by atoms with E-state index in [-0.39, 0.29) is 28.2 Å². The largest absolute Gasteiger partial charge is 0.493 e. The summed E-state index contributed by atoms with van der Waals surface area (Å²) in [4.78, 5) is 25.4. The fraction of sp³-hybridized carbons (Fsp3) is 0.294. The number of aromatic carboxylic acids is 1. The summed E-state index contributed by atoms with van der Waals surface area (Å²) in [5, 5.41) is 13.7. The van der Waals surface area contributed by atoms with Crippen molar-refractivity contribution in [3.05, 3.63) is 39.6 Å². The zero-order valence-corrected chi connectivity index (χ0v) is 15.3. The second-order valence-corrected chi connectivity index (χ2v) is 7.57. The van der Waals surface area contributed by atoms with Crippen molar-refractivity contribution in [2.75, 3.05) is 25.3 Å². The molecule has 6 nitrogen and oxygen atoms in total. The molecule has 132 valence electrons. The molecule has 0 fully saturated rings. The molecule has 2 heterocycles. The molecule has 1 amide bonds. The summed E-state index contributed by atoms with van der Waals surface area (Å²) in [5.74, 6) is 0.120. The summed E-state index contributed by atoms with van der Waals surface area (Å²) < 4.78 is 10.5. The van der Waals surface area contributed by atoms with Crippen LogP contribution in [-0.4, -0.2) is 37.0 Å². The molecule has 0 bridgehead atoms. The molecule has 1 aromatic heterocycles. The third-order valence-corrected chi connectivity index (χ3v) is 6.14. The fourth-order valence-electron chi connectivity index (χ4n) is 2.74. The molecule has 3 rings (SSSR count). The molecular weight excluding hydrogens is 362 g/mol. The molecule has 0 radical (unpaired) electrons. The molecule has 2 aromatic rings. The van der Waals surface area contributed by atoms with Gasteiger partial charge in [-0.05, 0) is 41.3 Å². The number of benzene rings is 1. The Hall–Kier alpha value is -2.19. The second kappa shape index (κ2) is 7.37. The lowest BCUT2D eigenvalue weighted by Gasteiger charge is -2.22. The van der Waals surface area contributed by atoms with Crippen molar-refractivity contribution >= 4 is 40.7 Å². The Morgan fingerprint density at radius 1 is 1.28 bits per heavy atom. The maximum Gasteiger partial charge on any atom is 0.335 e. The van der Waals surface area contributed by atoms with Gasteiger partial charge >= 0.3 is 5.97 Å². The summed E-state index contributed by atoms with van der Waals surface area (Å²) in [6.07, 6.45) is 0.965. The van der Waals surface area contributed by atoms with Crippen molar-refractivity contribution in [2.24, 2.45) is 0 Å². The number of thioether (sulfide) groups is 1. The van der Waals surface area contributed by atoms with Crippen LogP contribution in [0, 0.1) is 0 Å². The average Bonchev–Trinajstić information content (AvgIpc) is 3.09. The maximum atomic E-state index is 12.8. The SMILES string of the molecule is COc1cc(C(=O)O)cc(NC(=O)C2SCCc3sccc32)c1OC. The topological polar surface area (TPSA) is 84.9 Å². The molecule has 2 N–H and O–H groups in total. The van der Waals surface area contributed by atoms with Crippen molar-refractivity contribution in [2.45, 2.75) is 11.7 Å². The lowest BCUT2D eigenvalue weighted by Crippen LogP contribution is -2.22. The van der Waals surface area contributed by atoms with Crippen molar-refractivity contribution < 1.29 is 24.2 Å². The van der Waals surface area contributed by atoms with E-state index in [1.807, 2.05) is 11.4 Å². The Balaban J connectivity index is 1.93. The van der Waals surface area contributed by atoms with Crippen molar-refractivity contribution in [1.82, 2.24) is 0 Å². The number of hydrogen-bond donors (Lipinski definition) is 2. The van der Waals surface area contributed by atoms with E-state index in [9.17, 15) is 14.7 Å². The second-order valence-electron chi connectivity index (χ2n) is 5.35. The molecule has 0 aliphatic carbocycles. The summed E-state index contributed by atoms with van der Waals surface area (Å²) in [5.41, 5.74) is 1.33. The van der Waals surface area contributed by atoms with Crippen molar-refractivity contribution in [3.8, 4) is 11.5 Å². The van der Waals surface area contributed by atoms with Gasteiger partial charge in [-0.25, -0.2) is 4.79 Å². The van der Waals surface area contributed by atoms with Crippen LogP contribution in [0.5, 0.6) is 11.5 Å². The summed E-state index contributed by atoms with van der Waals surface area (Å²) in [7, 11) is 2.87. The predicted octanol–water partition coefficient (Wildman–Crippen LogP) is 3.43. The van der Waals surface area contributed by atoms with Gasteiger partial charge in [0.2, 0.25) is 5.91 Å². The van der Waals surface area contributed by atoms with Gasteiger partial charge in [0.25, 0.3) is 0 Å². The molecule has 0 saturated heterocycles. The van der Waals surface area contributed by atoms with Gasteiger partial charge in [-0.2, -0.15) is 0 Å². The van der Waals surface area contributed by atoms with E-state index in [1.165, 1.54) is 31.2 Å². The molecular formula is C17H17NO5S2. The Morgan fingerprint density at radius 2 is 2.08 bits per heavy atom. The van der Waals surface area contributed by atoms with Crippen LogP contribution in [0.3, 0.4) is 0 Å². The molecule has 0 spiro atoms. The van der Waals surface area contributed by atoms with Crippen LogP contribution in [0.2, 0.25) is 0 Å². The highest BCUT2D eigenvalue weighted by molar-refractivity contribution is 8.00. The first-order valence-electron chi connectivity index (χ1n) is 7.53. The first-order chi connectivity index (χ1) is 12.0. The number of amides is 1. The average molecular weight is 379 g/mol. The van der Waals surface area contributed by atoms with Crippen LogP contribution in [0.4, 0.5) is 5.69 Å². The highest BCUT2D eigenvalue weighted by Crippen LogP contribution is 2.42. The number of anilines is 1. The number of fused-ring (bicyclic) bond motifs is 1. The highest BCUT2D eigenvalue weighted by Gasteiger charge is 2.29. The van der Waals surface area contributed by atoms with Gasteiger partial charge in [0, 0.05) is 4.88 Å². The lowest BCUT2D eigenvalue weighted by atomic mass is 10.1. The Morgan fingerprint density at radius 3 is 2.76 bits per heavy atom. The zero-order valence-electron chi connectivity index (χ0n) is 13.7. The summed E-state index contributed by atoms with van der Waals surface area (Å²) in [6.45, 7) is 0. The molecule has 1 unspecified atom stereocenters. The van der Waals surface area contributed by atoms with E-state index in [1.54, 1.807) is 23.1 Å². The Kier molecular flexibility index (Phi) is 5.19. The minimum Gasteiger partial charge on any atom is -0.493 e. The zero-order chi connectivity index (χ0) is 18.0. The number of carboxylic acid groups (broad SMARTS) is 1. The van der Waals surface area contributed by atoms with Crippen LogP contribution in [-0.2, 0) is 11.2 Å². The number of hydrogen-bond acceptors (Lipinski definition) is 6. The van der Waals surface area contributed by atoms with Crippen molar-refractivity contribution in [1.29, 1.82) is 0 Å². The monoisotopic (exact) mass is 379 g/mol. The standard InChI is InChI=1S/C17H17NO5S2/c1-22-12-8-9(17(20)21)7-11(14(12)23-2)18-16(19)15-10-3-5-24-13(10)4-6-25-15/h3,5,7-8,15H,4,6H2,1-2H3,(H,18,19)(H,20,21). The van der Waals surface area contributed by atoms with Crippen LogP contribution in [0.25, 0.3) is 0 Å². The number of aryl methyl sites for hydroxylation is 1. The number of ether oxygens (including phenoxy) is 2. The lowest BCUT2D eigenvalue weighted by molar-refractivity contribution is -0.115. The van der Waals surface area contributed by atoms with E-state index < -0.39 is 5.97 Å². The third kappa shape index (κ3) is 3.45. The molecule has 1 aliphatic rings. The number of carbonyl (C=O) groups excluding carboxylic acids is 1. The Labute approximate surface area is 153 Å². The number of carboxylic acids is 1. The van der Waals surface area contributed by atoms with Gasteiger partial charge < -0.3 is 19.9 Å². The summed E-state index contributed by atoms with van der Waals surface area (Å²) >= 11 is 3.24. The third-order valence-electron chi connectivity index (χ3n) is 3.90. The van der Waals surface area contributed by atoms with Crippen LogP contribution in [0.15, 0.2) is 23.6 Å². The van der Waals surface area contributed by atoms with Crippen LogP contribution in [0.1, 0.15) is 26.0 Å². The van der Waals surface area contributed by atoms with Gasteiger partial charge in [0.15, 0.2) is 11.5 Å². The van der Waals surface area contributed by atoms with E-state index in [0.717, 1.165) is 17.7 Å². The molecule has 1 aliphatic heterocycles. The van der Waals surface area contributed by atoms with Crippen molar-refractivity contribution in [3.63, 3.8) is 0 Å². The molecule has 8 heteroatoms. The molecule has 1 atom stereocenters. The smallest absolute Gasteiger partial charge is 0.335 e. The van der Waals surface area contributed by atoms with Crippen LogP contribution >= 0.6 is 23.1 Å². The first-order valence-corrected chi connectivity index (χ1v) is 9.46. The van der Waals surface area contributed by atoms with E-state index in [0.29, 0.717) is 5.75 Å².